The number of hydrogen-bond acceptors (Lipinski definition) is 3. The van der Waals surface area contributed by atoms with Gasteiger partial charge >= 0.3 is 0 Å². The maximum atomic E-state index is 11.9. The minimum Gasteiger partial charge on any atom is -0.385 e. The van der Waals surface area contributed by atoms with Crippen molar-refractivity contribution in [1.29, 1.82) is 5.26 Å². The van der Waals surface area contributed by atoms with Gasteiger partial charge in [0.25, 0.3) is 5.91 Å². The zero-order valence-corrected chi connectivity index (χ0v) is 12.4. The lowest BCUT2D eigenvalue weighted by atomic mass is 10.1. The van der Waals surface area contributed by atoms with Gasteiger partial charge in [-0.05, 0) is 30.6 Å². The topological polar surface area (TPSA) is 62.1 Å². The van der Waals surface area contributed by atoms with Crippen molar-refractivity contribution in [3.8, 4) is 6.07 Å². The second-order valence-electron chi connectivity index (χ2n) is 4.57. The molecule has 4 heteroatoms. The highest BCUT2D eigenvalue weighted by Crippen LogP contribution is 2.09. The highest BCUT2D eigenvalue weighted by Gasteiger charge is 2.07. The molecule has 0 aliphatic heterocycles. The molecule has 1 aromatic rings. The van der Waals surface area contributed by atoms with E-state index >= 15 is 0 Å². The van der Waals surface area contributed by atoms with Crippen molar-refractivity contribution in [2.24, 2.45) is 0 Å². The van der Waals surface area contributed by atoms with Crippen molar-refractivity contribution in [2.75, 3.05) is 20.3 Å². The minimum absolute atomic E-state index is 0.108. The first kappa shape index (κ1) is 16.7. The largest absolute Gasteiger partial charge is 0.385 e. The van der Waals surface area contributed by atoms with Crippen molar-refractivity contribution in [1.82, 2.24) is 5.32 Å². The van der Waals surface area contributed by atoms with Crippen LogP contribution in [-0.4, -0.2) is 26.2 Å². The first-order chi connectivity index (χ1) is 10.2. The Balaban J connectivity index is 2.68. The highest BCUT2D eigenvalue weighted by molar-refractivity contribution is 5.97. The lowest BCUT2D eigenvalue weighted by Crippen LogP contribution is -2.26. The van der Waals surface area contributed by atoms with Crippen molar-refractivity contribution in [3.63, 3.8) is 0 Å². The Kier molecular flexibility index (Phi) is 7.55. The van der Waals surface area contributed by atoms with E-state index < -0.39 is 0 Å². The number of nitrogens with one attached hydrogen (secondary N) is 1. The molecule has 1 amide bonds. The Labute approximate surface area is 125 Å². The van der Waals surface area contributed by atoms with Crippen LogP contribution in [0.1, 0.15) is 18.9 Å². The number of rotatable bonds is 7. The molecule has 1 rings (SSSR count). The van der Waals surface area contributed by atoms with E-state index in [2.05, 4.69) is 5.32 Å². The van der Waals surface area contributed by atoms with Crippen LogP contribution in [0.2, 0.25) is 0 Å². The summed E-state index contributed by atoms with van der Waals surface area (Å²) in [6.07, 6.45) is 4.24. The van der Waals surface area contributed by atoms with Gasteiger partial charge in [-0.2, -0.15) is 5.26 Å². The molecule has 0 saturated heterocycles. The Hall–Kier alpha value is -2.38. The lowest BCUT2D eigenvalue weighted by Gasteiger charge is -2.03. The maximum absolute atomic E-state index is 11.9. The lowest BCUT2D eigenvalue weighted by molar-refractivity contribution is -0.117. The summed E-state index contributed by atoms with van der Waals surface area (Å²) in [5.74, 6) is -0.352. The number of ether oxygens (including phenoxy) is 1. The molecule has 0 heterocycles. The molecule has 4 nitrogen and oxygen atoms in total. The van der Waals surface area contributed by atoms with Crippen molar-refractivity contribution < 1.29 is 9.53 Å². The molecule has 0 aliphatic rings. The Morgan fingerprint density at radius 2 is 2.10 bits per heavy atom. The Morgan fingerprint density at radius 3 is 2.71 bits per heavy atom. The van der Waals surface area contributed by atoms with Gasteiger partial charge in [-0.25, -0.2) is 0 Å². The summed E-state index contributed by atoms with van der Waals surface area (Å²) in [5, 5.41) is 11.8. The maximum Gasteiger partial charge on any atom is 0.261 e. The molecule has 0 atom stereocenters. The summed E-state index contributed by atoms with van der Waals surface area (Å²) < 4.78 is 4.90. The van der Waals surface area contributed by atoms with Crippen LogP contribution >= 0.6 is 0 Å². The van der Waals surface area contributed by atoms with E-state index in [0.717, 1.165) is 17.6 Å². The standard InChI is InChI=1S/C17H20N2O2/c1-14(11-15-7-4-3-5-8-15)12-16(13-18)17(20)19-9-6-10-21-2/h3-5,7-8,11-12H,6,9-10H2,1-2H3,(H,19,20)/b14-11+,16-12+. The predicted octanol–water partition coefficient (Wildman–Crippen LogP) is 2.69. The average Bonchev–Trinajstić information content (AvgIpc) is 2.50. The number of hydrogen-bond donors (Lipinski definition) is 1. The van der Waals surface area contributed by atoms with Crippen LogP contribution in [0.15, 0.2) is 47.6 Å². The normalized spacial score (nSPS) is 11.9. The van der Waals surface area contributed by atoms with Gasteiger partial charge in [0.15, 0.2) is 0 Å². The number of nitriles is 1. The first-order valence-corrected chi connectivity index (χ1v) is 6.79. The van der Waals surface area contributed by atoms with E-state index in [4.69, 9.17) is 10.00 Å². The highest BCUT2D eigenvalue weighted by atomic mass is 16.5. The molecule has 0 fully saturated rings. The average molecular weight is 284 g/mol. The fraction of sp³-hybridized carbons (Fsp3) is 0.294. The van der Waals surface area contributed by atoms with Gasteiger partial charge < -0.3 is 10.1 Å². The SMILES string of the molecule is COCCCNC(=O)/C(C#N)=C/C(C)=C/c1ccccc1. The first-order valence-electron chi connectivity index (χ1n) is 6.79. The molecule has 0 bridgehead atoms. The Bertz CT molecular complexity index is 554. The van der Waals surface area contributed by atoms with Crippen LogP contribution in [0.3, 0.4) is 0 Å². The van der Waals surface area contributed by atoms with Gasteiger partial charge in [0.1, 0.15) is 11.6 Å². The molecule has 110 valence electrons. The second kappa shape index (κ2) is 9.51. The molecular formula is C17H20N2O2. The van der Waals surface area contributed by atoms with E-state index in [0.29, 0.717) is 13.2 Å². The van der Waals surface area contributed by atoms with Gasteiger partial charge in [-0.3, -0.25) is 4.79 Å². The number of carbonyl (C=O) groups excluding carboxylic acids is 1. The van der Waals surface area contributed by atoms with Crippen LogP contribution in [-0.2, 0) is 9.53 Å². The van der Waals surface area contributed by atoms with Crippen LogP contribution in [0.25, 0.3) is 6.08 Å². The summed E-state index contributed by atoms with van der Waals surface area (Å²) in [6, 6.07) is 11.7. The molecule has 0 unspecified atom stereocenters. The molecule has 0 spiro atoms. The zero-order valence-electron chi connectivity index (χ0n) is 12.4. The fourth-order valence-corrected chi connectivity index (χ4v) is 1.74. The number of amides is 1. The molecule has 0 aromatic heterocycles. The molecule has 0 aliphatic carbocycles. The summed E-state index contributed by atoms with van der Waals surface area (Å²) in [7, 11) is 1.61. The summed E-state index contributed by atoms with van der Waals surface area (Å²) in [6.45, 7) is 2.94. The van der Waals surface area contributed by atoms with Crippen LogP contribution in [0.5, 0.6) is 0 Å². The molecule has 0 radical (unpaired) electrons. The van der Waals surface area contributed by atoms with Gasteiger partial charge in [-0.15, -0.1) is 0 Å². The van der Waals surface area contributed by atoms with Gasteiger partial charge in [0, 0.05) is 20.3 Å². The van der Waals surface area contributed by atoms with Crippen molar-refractivity contribution >= 4 is 12.0 Å². The van der Waals surface area contributed by atoms with Crippen LogP contribution < -0.4 is 5.32 Å². The zero-order chi connectivity index (χ0) is 15.5. The third-order valence-electron chi connectivity index (χ3n) is 2.74. The van der Waals surface area contributed by atoms with E-state index in [9.17, 15) is 4.79 Å². The number of methoxy groups -OCH3 is 1. The van der Waals surface area contributed by atoms with Gasteiger partial charge in [0.05, 0.1) is 0 Å². The van der Waals surface area contributed by atoms with Crippen molar-refractivity contribution in [3.05, 3.63) is 53.1 Å². The van der Waals surface area contributed by atoms with E-state index in [-0.39, 0.29) is 11.5 Å². The van der Waals surface area contributed by atoms with Crippen molar-refractivity contribution in [2.45, 2.75) is 13.3 Å². The number of allylic oxidation sites excluding steroid dienone is 2. The number of benzene rings is 1. The smallest absolute Gasteiger partial charge is 0.261 e. The fourth-order valence-electron chi connectivity index (χ4n) is 1.74. The summed E-state index contributed by atoms with van der Waals surface area (Å²) in [5.41, 5.74) is 1.99. The molecule has 1 aromatic carbocycles. The third kappa shape index (κ3) is 6.55. The summed E-state index contributed by atoms with van der Waals surface area (Å²) >= 11 is 0. The molecule has 1 N–H and O–H groups in total. The molecular weight excluding hydrogens is 264 g/mol. The number of carbonyl (C=O) groups is 1. The third-order valence-corrected chi connectivity index (χ3v) is 2.74. The molecule has 21 heavy (non-hydrogen) atoms. The van der Waals surface area contributed by atoms with Gasteiger partial charge in [0.2, 0.25) is 0 Å². The van der Waals surface area contributed by atoms with E-state index in [1.807, 2.05) is 49.4 Å². The minimum atomic E-state index is -0.352. The monoisotopic (exact) mass is 284 g/mol. The van der Waals surface area contributed by atoms with Crippen LogP contribution in [0, 0.1) is 11.3 Å². The molecule has 0 saturated carbocycles. The quantitative estimate of drug-likeness (QED) is 0.362. The Morgan fingerprint density at radius 1 is 1.38 bits per heavy atom. The summed E-state index contributed by atoms with van der Waals surface area (Å²) in [4.78, 5) is 11.9. The van der Waals surface area contributed by atoms with Crippen LogP contribution in [0.4, 0.5) is 0 Å². The number of nitrogens with zero attached hydrogens (tertiary/aromatic N) is 1. The van der Waals surface area contributed by atoms with Gasteiger partial charge in [-0.1, -0.05) is 36.4 Å². The second-order valence-corrected chi connectivity index (χ2v) is 4.57. The van der Waals surface area contributed by atoms with E-state index in [1.165, 1.54) is 0 Å². The predicted molar refractivity (Wildman–Crippen MR) is 83.3 cm³/mol. The van der Waals surface area contributed by atoms with E-state index in [1.54, 1.807) is 13.2 Å².